The number of rotatable bonds is 4. The minimum atomic E-state index is -0.211. The van der Waals surface area contributed by atoms with Crippen molar-refractivity contribution in [2.75, 3.05) is 17.6 Å². The molecule has 2 aromatic rings. The van der Waals surface area contributed by atoms with Crippen molar-refractivity contribution in [1.82, 2.24) is 4.98 Å². The fraction of sp³-hybridized carbons (Fsp3) is 0.214. The number of aryl methyl sites for hydroxylation is 1. The summed E-state index contributed by atoms with van der Waals surface area (Å²) in [7, 11) is 0. The van der Waals surface area contributed by atoms with Gasteiger partial charge in [-0.2, -0.15) is 0 Å². The summed E-state index contributed by atoms with van der Waals surface area (Å²) in [6.07, 6.45) is 2.33. The van der Waals surface area contributed by atoms with Crippen molar-refractivity contribution in [2.45, 2.75) is 13.3 Å². The molecule has 5 heteroatoms. The molecule has 0 amide bonds. The second kappa shape index (κ2) is 5.89. The molecule has 0 saturated heterocycles. The van der Waals surface area contributed by atoms with Gasteiger partial charge in [0.25, 0.3) is 0 Å². The maximum atomic E-state index is 13.0. The van der Waals surface area contributed by atoms with Crippen LogP contribution in [0.1, 0.15) is 11.1 Å². The van der Waals surface area contributed by atoms with E-state index in [1.165, 1.54) is 12.1 Å². The zero-order valence-electron chi connectivity index (χ0n) is 10.6. The van der Waals surface area contributed by atoms with Gasteiger partial charge in [0.2, 0.25) is 0 Å². The summed E-state index contributed by atoms with van der Waals surface area (Å²) in [6.45, 7) is 2.57. The third kappa shape index (κ3) is 3.58. The van der Waals surface area contributed by atoms with Crippen LogP contribution in [-0.4, -0.2) is 11.5 Å². The Hall–Kier alpha value is -1.81. The molecule has 0 fully saturated rings. The second-order valence-corrected chi connectivity index (χ2v) is 4.75. The van der Waals surface area contributed by atoms with E-state index in [4.69, 9.17) is 17.3 Å². The lowest BCUT2D eigenvalue weighted by Crippen LogP contribution is -2.08. The minimum Gasteiger partial charge on any atom is -0.397 e. The number of anilines is 2. The van der Waals surface area contributed by atoms with Gasteiger partial charge in [-0.15, -0.1) is 0 Å². The molecule has 0 spiro atoms. The van der Waals surface area contributed by atoms with E-state index in [1.54, 1.807) is 18.3 Å². The predicted octanol–water partition coefficient (Wildman–Crippen LogP) is 3.42. The molecule has 0 aliphatic heterocycles. The first-order chi connectivity index (χ1) is 9.06. The fourth-order valence-corrected chi connectivity index (χ4v) is 2.08. The molecule has 3 N–H and O–H groups in total. The van der Waals surface area contributed by atoms with Crippen molar-refractivity contribution in [3.8, 4) is 0 Å². The molecule has 19 heavy (non-hydrogen) atoms. The molecular formula is C14H15ClFN3. The SMILES string of the molecule is Cc1cc(F)ccc1CCNc1ncc(N)cc1Cl. The Bertz CT molecular complexity index is 535. The van der Waals surface area contributed by atoms with Crippen molar-refractivity contribution in [1.29, 1.82) is 0 Å². The van der Waals surface area contributed by atoms with Crippen molar-refractivity contribution in [2.24, 2.45) is 0 Å². The van der Waals surface area contributed by atoms with Crippen LogP contribution in [-0.2, 0) is 6.42 Å². The van der Waals surface area contributed by atoms with Crippen LogP contribution in [0.4, 0.5) is 15.9 Å². The first-order valence-corrected chi connectivity index (χ1v) is 6.34. The summed E-state index contributed by atoms with van der Waals surface area (Å²) >= 11 is 6.01. The number of nitrogen functional groups attached to an aromatic ring is 1. The van der Waals surface area contributed by atoms with Crippen LogP contribution in [0.15, 0.2) is 30.5 Å². The topological polar surface area (TPSA) is 50.9 Å². The average molecular weight is 280 g/mol. The van der Waals surface area contributed by atoms with Crippen LogP contribution >= 0.6 is 11.6 Å². The number of hydrogen-bond donors (Lipinski definition) is 2. The molecule has 2 rings (SSSR count). The number of nitrogens with zero attached hydrogens (tertiary/aromatic N) is 1. The summed E-state index contributed by atoms with van der Waals surface area (Å²) in [6, 6.07) is 6.45. The molecule has 0 unspecified atom stereocenters. The van der Waals surface area contributed by atoms with E-state index in [2.05, 4.69) is 10.3 Å². The molecule has 0 bridgehead atoms. The van der Waals surface area contributed by atoms with Gasteiger partial charge in [-0.3, -0.25) is 0 Å². The molecule has 1 heterocycles. The molecule has 0 aliphatic rings. The van der Waals surface area contributed by atoms with E-state index < -0.39 is 0 Å². The average Bonchev–Trinajstić information content (AvgIpc) is 2.34. The van der Waals surface area contributed by atoms with Crippen LogP contribution in [0.25, 0.3) is 0 Å². The number of benzene rings is 1. The van der Waals surface area contributed by atoms with Gasteiger partial charge < -0.3 is 11.1 Å². The normalized spacial score (nSPS) is 10.5. The summed E-state index contributed by atoms with van der Waals surface area (Å²) < 4.78 is 13.0. The van der Waals surface area contributed by atoms with Gasteiger partial charge in [-0.05, 0) is 42.7 Å². The van der Waals surface area contributed by atoms with Crippen molar-refractivity contribution in [3.05, 3.63) is 52.4 Å². The number of aromatic nitrogens is 1. The molecule has 3 nitrogen and oxygen atoms in total. The predicted molar refractivity (Wildman–Crippen MR) is 77.0 cm³/mol. The Morgan fingerprint density at radius 2 is 2.16 bits per heavy atom. The summed E-state index contributed by atoms with van der Waals surface area (Å²) in [5, 5.41) is 3.63. The van der Waals surface area contributed by atoms with E-state index in [9.17, 15) is 4.39 Å². The summed E-state index contributed by atoms with van der Waals surface area (Å²) in [5.41, 5.74) is 8.14. The van der Waals surface area contributed by atoms with Crippen LogP contribution in [0.2, 0.25) is 5.02 Å². The monoisotopic (exact) mass is 279 g/mol. The molecule has 100 valence electrons. The van der Waals surface area contributed by atoms with Gasteiger partial charge in [0.15, 0.2) is 0 Å². The number of pyridine rings is 1. The smallest absolute Gasteiger partial charge is 0.144 e. The van der Waals surface area contributed by atoms with Crippen LogP contribution in [0.5, 0.6) is 0 Å². The molecule has 0 radical (unpaired) electrons. The largest absolute Gasteiger partial charge is 0.397 e. The van der Waals surface area contributed by atoms with Crippen molar-refractivity contribution >= 4 is 23.1 Å². The van der Waals surface area contributed by atoms with Gasteiger partial charge >= 0.3 is 0 Å². The number of halogens is 2. The molecule has 0 saturated carbocycles. The third-order valence-corrected chi connectivity index (χ3v) is 3.14. The second-order valence-electron chi connectivity index (χ2n) is 4.35. The highest BCUT2D eigenvalue weighted by Gasteiger charge is 2.03. The first-order valence-electron chi connectivity index (χ1n) is 5.96. The lowest BCUT2D eigenvalue weighted by atomic mass is 10.1. The van der Waals surface area contributed by atoms with Gasteiger partial charge in [-0.1, -0.05) is 17.7 Å². The molecule has 1 aromatic carbocycles. The zero-order chi connectivity index (χ0) is 13.8. The summed E-state index contributed by atoms with van der Waals surface area (Å²) in [5.74, 6) is 0.396. The Morgan fingerprint density at radius 3 is 2.84 bits per heavy atom. The van der Waals surface area contributed by atoms with E-state index >= 15 is 0 Å². The van der Waals surface area contributed by atoms with E-state index in [1.807, 2.05) is 6.92 Å². The fourth-order valence-electron chi connectivity index (χ4n) is 1.84. The highest BCUT2D eigenvalue weighted by molar-refractivity contribution is 6.33. The maximum absolute atomic E-state index is 13.0. The lowest BCUT2D eigenvalue weighted by Gasteiger charge is -2.09. The molecule has 1 aromatic heterocycles. The Morgan fingerprint density at radius 1 is 1.37 bits per heavy atom. The number of hydrogen-bond acceptors (Lipinski definition) is 3. The van der Waals surface area contributed by atoms with E-state index in [0.29, 0.717) is 23.1 Å². The lowest BCUT2D eigenvalue weighted by molar-refractivity contribution is 0.625. The van der Waals surface area contributed by atoms with Crippen LogP contribution in [0.3, 0.4) is 0 Å². The van der Waals surface area contributed by atoms with Crippen molar-refractivity contribution in [3.63, 3.8) is 0 Å². The minimum absolute atomic E-state index is 0.211. The quantitative estimate of drug-likeness (QED) is 0.902. The van der Waals surface area contributed by atoms with Crippen LogP contribution in [0, 0.1) is 12.7 Å². The highest BCUT2D eigenvalue weighted by Crippen LogP contribution is 2.21. The number of nitrogens with two attached hydrogens (primary N) is 1. The van der Waals surface area contributed by atoms with E-state index in [-0.39, 0.29) is 5.82 Å². The highest BCUT2D eigenvalue weighted by atomic mass is 35.5. The van der Waals surface area contributed by atoms with Gasteiger partial charge in [0.05, 0.1) is 16.9 Å². The third-order valence-electron chi connectivity index (χ3n) is 2.85. The number of nitrogens with one attached hydrogen (secondary N) is 1. The Kier molecular flexibility index (Phi) is 4.22. The zero-order valence-corrected chi connectivity index (χ0v) is 11.3. The van der Waals surface area contributed by atoms with Crippen molar-refractivity contribution < 1.29 is 4.39 Å². The van der Waals surface area contributed by atoms with Gasteiger partial charge in [-0.25, -0.2) is 9.37 Å². The Labute approximate surface area is 116 Å². The first kappa shape index (κ1) is 13.6. The van der Waals surface area contributed by atoms with E-state index in [0.717, 1.165) is 17.5 Å². The molecule has 0 atom stereocenters. The van der Waals surface area contributed by atoms with Gasteiger partial charge in [0.1, 0.15) is 11.6 Å². The van der Waals surface area contributed by atoms with Gasteiger partial charge in [0, 0.05) is 6.54 Å². The molecule has 0 aliphatic carbocycles. The van der Waals surface area contributed by atoms with Crippen LogP contribution < -0.4 is 11.1 Å². The molecular weight excluding hydrogens is 265 g/mol. The summed E-state index contributed by atoms with van der Waals surface area (Å²) in [4.78, 5) is 4.12. The Balaban J connectivity index is 1.96. The standard InChI is InChI=1S/C14H15ClFN3/c1-9-6-11(16)3-2-10(9)4-5-18-14-13(15)7-12(17)8-19-14/h2-3,6-8H,4-5,17H2,1H3,(H,18,19). The maximum Gasteiger partial charge on any atom is 0.144 e.